The summed E-state index contributed by atoms with van der Waals surface area (Å²) < 4.78 is 30.7. The van der Waals surface area contributed by atoms with Crippen LogP contribution < -0.4 is 9.73 Å². The van der Waals surface area contributed by atoms with Crippen LogP contribution in [0.1, 0.15) is 37.4 Å². The second kappa shape index (κ2) is 10.8. The smallest absolute Gasteiger partial charge is 0.337 e. The Morgan fingerprint density at radius 2 is 1.53 bits per heavy atom. The van der Waals surface area contributed by atoms with Crippen LogP contribution in [0.2, 0.25) is 0 Å². The molecule has 0 spiro atoms. The zero-order chi connectivity index (χ0) is 24.7. The number of hydrogen-bond donors (Lipinski definition) is 1. The van der Waals surface area contributed by atoms with Gasteiger partial charge in [-0.3, -0.25) is 9.10 Å². The summed E-state index contributed by atoms with van der Waals surface area (Å²) in [6.45, 7) is 2.15. The number of nitrogens with one attached hydrogen (secondary N) is 1. The maximum atomic E-state index is 12.4. The average molecular weight is 480 g/mol. The molecule has 0 aliphatic rings. The molecule has 176 valence electrons. The fraction of sp³-hybridized carbons (Fsp3) is 0.160. The van der Waals surface area contributed by atoms with Crippen LogP contribution in [0.25, 0.3) is 0 Å². The number of methoxy groups -OCH3 is 1. The number of nitrogens with zero attached hydrogens (tertiary/aromatic N) is 2. The first-order chi connectivity index (χ1) is 16.2. The van der Waals surface area contributed by atoms with Crippen molar-refractivity contribution in [2.75, 3.05) is 17.7 Å². The predicted molar refractivity (Wildman–Crippen MR) is 131 cm³/mol. The minimum Gasteiger partial charge on any atom is -0.465 e. The summed E-state index contributed by atoms with van der Waals surface area (Å²) in [5.74, 6) is -0.882. The monoisotopic (exact) mass is 479 g/mol. The minimum absolute atomic E-state index is 0.184. The minimum atomic E-state index is -3.53. The van der Waals surface area contributed by atoms with Gasteiger partial charge in [-0.05, 0) is 54.4 Å². The number of amides is 1. The van der Waals surface area contributed by atoms with Crippen molar-refractivity contribution in [1.29, 1.82) is 0 Å². The molecule has 0 unspecified atom stereocenters. The van der Waals surface area contributed by atoms with Gasteiger partial charge in [0.25, 0.3) is 5.91 Å². The summed E-state index contributed by atoms with van der Waals surface area (Å²) in [5.41, 5.74) is 6.24. The number of ether oxygens (including phenoxy) is 1. The maximum Gasteiger partial charge on any atom is 0.337 e. The van der Waals surface area contributed by atoms with Crippen LogP contribution >= 0.6 is 0 Å². The third-order valence-corrected chi connectivity index (χ3v) is 6.12. The third kappa shape index (κ3) is 6.52. The second-order valence-electron chi connectivity index (χ2n) is 7.61. The van der Waals surface area contributed by atoms with Gasteiger partial charge in [-0.1, -0.05) is 42.0 Å². The van der Waals surface area contributed by atoms with Gasteiger partial charge in [0, 0.05) is 5.56 Å². The van der Waals surface area contributed by atoms with E-state index in [9.17, 15) is 18.0 Å². The van der Waals surface area contributed by atoms with Crippen molar-refractivity contribution in [3.63, 3.8) is 0 Å². The van der Waals surface area contributed by atoms with Crippen LogP contribution in [0.5, 0.6) is 0 Å². The van der Waals surface area contributed by atoms with E-state index < -0.39 is 21.9 Å². The Kier molecular flexibility index (Phi) is 7.80. The van der Waals surface area contributed by atoms with E-state index in [4.69, 9.17) is 0 Å². The van der Waals surface area contributed by atoms with Gasteiger partial charge in [0.1, 0.15) is 0 Å². The van der Waals surface area contributed by atoms with E-state index in [1.54, 1.807) is 48.5 Å². The van der Waals surface area contributed by atoms with Crippen LogP contribution in [0.4, 0.5) is 5.69 Å². The van der Waals surface area contributed by atoms with Gasteiger partial charge in [0.05, 0.1) is 37.4 Å². The molecule has 1 N–H and O–H groups in total. The van der Waals surface area contributed by atoms with Gasteiger partial charge < -0.3 is 4.74 Å². The van der Waals surface area contributed by atoms with E-state index in [-0.39, 0.29) is 6.54 Å². The highest BCUT2D eigenvalue weighted by molar-refractivity contribution is 7.92. The first-order valence-corrected chi connectivity index (χ1v) is 12.2. The van der Waals surface area contributed by atoms with Crippen molar-refractivity contribution in [3.05, 3.63) is 101 Å². The number of esters is 1. The molecule has 0 radical (unpaired) electrons. The van der Waals surface area contributed by atoms with Crippen molar-refractivity contribution in [3.8, 4) is 0 Å². The molecule has 0 aromatic heterocycles. The van der Waals surface area contributed by atoms with E-state index in [0.29, 0.717) is 22.4 Å². The number of benzene rings is 3. The van der Waals surface area contributed by atoms with Crippen LogP contribution in [0.3, 0.4) is 0 Å². The fourth-order valence-electron chi connectivity index (χ4n) is 3.09. The zero-order valence-corrected chi connectivity index (χ0v) is 19.9. The van der Waals surface area contributed by atoms with Crippen LogP contribution in [0, 0.1) is 6.92 Å². The summed E-state index contributed by atoms with van der Waals surface area (Å²) in [6.07, 6.45) is 2.59. The molecule has 3 rings (SSSR count). The fourth-order valence-corrected chi connectivity index (χ4v) is 3.98. The number of rotatable bonds is 8. The van der Waals surface area contributed by atoms with E-state index in [1.165, 1.54) is 17.6 Å². The van der Waals surface area contributed by atoms with Crippen LogP contribution in [-0.4, -0.2) is 39.9 Å². The summed E-state index contributed by atoms with van der Waals surface area (Å²) >= 11 is 0. The predicted octanol–water partition coefficient (Wildman–Crippen LogP) is 3.51. The van der Waals surface area contributed by atoms with Gasteiger partial charge in [0.2, 0.25) is 10.0 Å². The Balaban J connectivity index is 1.67. The number of carbonyl (C=O) groups is 2. The van der Waals surface area contributed by atoms with Gasteiger partial charge >= 0.3 is 5.97 Å². The van der Waals surface area contributed by atoms with Crippen molar-refractivity contribution in [2.45, 2.75) is 13.5 Å². The number of carbonyl (C=O) groups excluding carboxylic acids is 2. The Labute approximate surface area is 198 Å². The summed E-state index contributed by atoms with van der Waals surface area (Å²) in [5, 5.41) is 3.93. The molecule has 3 aromatic rings. The van der Waals surface area contributed by atoms with Gasteiger partial charge in [0.15, 0.2) is 0 Å². The lowest BCUT2D eigenvalue weighted by atomic mass is 10.1. The molecule has 0 aliphatic heterocycles. The number of hydrogen-bond acceptors (Lipinski definition) is 6. The molecule has 9 heteroatoms. The summed E-state index contributed by atoms with van der Waals surface area (Å²) in [7, 11) is -2.23. The molecule has 0 atom stereocenters. The zero-order valence-electron chi connectivity index (χ0n) is 19.1. The Morgan fingerprint density at radius 1 is 0.941 bits per heavy atom. The lowest BCUT2D eigenvalue weighted by molar-refractivity contribution is 0.0600. The van der Waals surface area contributed by atoms with Crippen molar-refractivity contribution < 1.29 is 22.7 Å². The maximum absolute atomic E-state index is 12.4. The molecule has 0 fully saturated rings. The van der Waals surface area contributed by atoms with Crippen LogP contribution in [0.15, 0.2) is 77.9 Å². The second-order valence-corrected chi connectivity index (χ2v) is 9.52. The normalized spacial score (nSPS) is 11.3. The molecule has 0 saturated carbocycles. The van der Waals surface area contributed by atoms with Crippen molar-refractivity contribution in [2.24, 2.45) is 5.10 Å². The first-order valence-electron chi connectivity index (χ1n) is 10.3. The molecular weight excluding hydrogens is 454 g/mol. The third-order valence-electron chi connectivity index (χ3n) is 4.98. The standard InChI is InChI=1S/C25H25N3O5S/c1-18-4-6-20(7-5-18)17-28(34(3,31)32)23-14-12-21(13-15-23)24(29)27-26-16-19-8-10-22(11-9-19)25(30)33-2/h4-16H,17H2,1-3H3,(H,27,29)/b26-16-. The summed E-state index contributed by atoms with van der Waals surface area (Å²) in [6, 6.07) is 20.4. The first kappa shape index (κ1) is 24.7. The molecule has 0 bridgehead atoms. The molecule has 0 saturated heterocycles. The van der Waals surface area contributed by atoms with E-state index in [0.717, 1.165) is 17.4 Å². The van der Waals surface area contributed by atoms with Gasteiger partial charge in [-0.15, -0.1) is 0 Å². The van der Waals surface area contributed by atoms with Crippen molar-refractivity contribution >= 4 is 33.8 Å². The number of hydrazone groups is 1. The lowest BCUT2D eigenvalue weighted by Crippen LogP contribution is -2.29. The molecule has 0 heterocycles. The SMILES string of the molecule is COC(=O)c1ccc(/C=N\NC(=O)c2ccc(N(Cc3ccc(C)cc3)S(C)(=O)=O)cc2)cc1. The van der Waals surface area contributed by atoms with Gasteiger partial charge in [-0.2, -0.15) is 5.10 Å². The topological polar surface area (TPSA) is 105 Å². The number of anilines is 1. The van der Waals surface area contributed by atoms with Crippen molar-refractivity contribution in [1.82, 2.24) is 5.43 Å². The van der Waals surface area contributed by atoms with Gasteiger partial charge in [-0.25, -0.2) is 18.6 Å². The Bertz CT molecular complexity index is 1280. The molecule has 0 aliphatic carbocycles. The lowest BCUT2D eigenvalue weighted by Gasteiger charge is -2.22. The molecular formula is C25H25N3O5S. The highest BCUT2D eigenvalue weighted by atomic mass is 32.2. The molecule has 34 heavy (non-hydrogen) atoms. The molecule has 3 aromatic carbocycles. The molecule has 8 nitrogen and oxygen atoms in total. The van der Waals surface area contributed by atoms with E-state index >= 15 is 0 Å². The number of sulfonamides is 1. The number of aryl methyl sites for hydroxylation is 1. The van der Waals surface area contributed by atoms with E-state index in [2.05, 4.69) is 15.3 Å². The quantitative estimate of drug-likeness (QED) is 0.302. The highest BCUT2D eigenvalue weighted by Crippen LogP contribution is 2.21. The largest absolute Gasteiger partial charge is 0.465 e. The van der Waals surface area contributed by atoms with E-state index in [1.807, 2.05) is 31.2 Å². The van der Waals surface area contributed by atoms with Crippen LogP contribution in [-0.2, 0) is 21.3 Å². The highest BCUT2D eigenvalue weighted by Gasteiger charge is 2.18. The molecule has 1 amide bonds. The Hall–Kier alpha value is -3.98. The summed E-state index contributed by atoms with van der Waals surface area (Å²) in [4.78, 5) is 23.9. The Morgan fingerprint density at radius 3 is 2.09 bits per heavy atom. The average Bonchev–Trinajstić information content (AvgIpc) is 2.83.